The largest absolute Gasteiger partial charge is 0.428 e. The van der Waals surface area contributed by atoms with Crippen molar-refractivity contribution in [1.29, 1.82) is 0 Å². The Morgan fingerprint density at radius 1 is 1.25 bits per heavy atom. The minimum Gasteiger partial charge on any atom is -0.428 e. The van der Waals surface area contributed by atoms with E-state index in [1.54, 1.807) is 4.90 Å². The van der Waals surface area contributed by atoms with Crippen molar-refractivity contribution >= 4 is 11.6 Å². The van der Waals surface area contributed by atoms with Crippen LogP contribution in [0.15, 0.2) is 24.3 Å². The molecule has 2 N–H and O–H groups in total. The number of hydrogen-bond donors (Lipinski definition) is 1. The molecule has 1 fully saturated rings. The van der Waals surface area contributed by atoms with Gasteiger partial charge in [0.15, 0.2) is 12.7 Å². The van der Waals surface area contributed by atoms with Crippen LogP contribution in [-0.2, 0) is 6.61 Å². The van der Waals surface area contributed by atoms with Crippen molar-refractivity contribution in [2.45, 2.75) is 25.6 Å². The molecule has 1 saturated heterocycles. The molecular weight excluding hydrogens is 222 g/mol. The molecule has 3 heteroatoms. The molecule has 0 spiro atoms. The molecule has 0 aliphatic carbocycles. The highest BCUT2D eigenvalue weighted by Gasteiger charge is 2.23. The highest BCUT2D eigenvalue weighted by Crippen LogP contribution is 2.11. The first-order valence-electron chi connectivity index (χ1n) is 5.96. The summed E-state index contributed by atoms with van der Waals surface area (Å²) < 4.78 is 4.76. The Morgan fingerprint density at radius 3 is 2.50 bits per heavy atom. The van der Waals surface area contributed by atoms with Crippen molar-refractivity contribution in [2.24, 2.45) is 0 Å². The Bertz CT molecular complexity index is 317. The van der Waals surface area contributed by atoms with Crippen LogP contribution in [0.1, 0.15) is 18.4 Å². The lowest BCUT2D eigenvalue weighted by Crippen LogP contribution is -3.10. The van der Waals surface area contributed by atoms with E-state index >= 15 is 0 Å². The standard InChI is InChI=1S/C13H18ClNO/c1-15-8-6-13(7-9-15)16-10-11-2-4-12(14)5-3-11/h2-5,13H,6-10H2,1H3/p+2. The van der Waals surface area contributed by atoms with Crippen molar-refractivity contribution in [3.05, 3.63) is 34.9 Å². The summed E-state index contributed by atoms with van der Waals surface area (Å²) in [6.07, 6.45) is 3.04. The highest BCUT2D eigenvalue weighted by molar-refractivity contribution is 6.30. The van der Waals surface area contributed by atoms with E-state index in [0.29, 0.717) is 6.10 Å². The molecule has 1 aromatic rings. The number of hydrogen-bond acceptors (Lipinski definition) is 0. The van der Waals surface area contributed by atoms with Crippen LogP contribution in [-0.4, -0.2) is 31.0 Å². The summed E-state index contributed by atoms with van der Waals surface area (Å²) in [7, 11) is 2.26. The van der Waals surface area contributed by atoms with Crippen molar-refractivity contribution in [3.63, 3.8) is 0 Å². The second kappa shape index (κ2) is 5.67. The van der Waals surface area contributed by atoms with Crippen molar-refractivity contribution in [2.75, 3.05) is 20.1 Å². The number of ether oxygens (including phenoxy) is 1. The van der Waals surface area contributed by atoms with Crippen molar-refractivity contribution < 1.29 is 9.64 Å². The van der Waals surface area contributed by atoms with Gasteiger partial charge in [0.05, 0.1) is 33.0 Å². The number of halogens is 1. The lowest BCUT2D eigenvalue weighted by atomic mass is 10.1. The number of piperidine rings is 1. The summed E-state index contributed by atoms with van der Waals surface area (Å²) >= 11 is 5.84. The minimum atomic E-state index is 0.569. The monoisotopic (exact) mass is 241 g/mol. The Morgan fingerprint density at radius 2 is 1.88 bits per heavy atom. The zero-order chi connectivity index (χ0) is 11.4. The predicted octanol–water partition coefficient (Wildman–Crippen LogP) is 1.05. The molecule has 0 radical (unpaired) electrons. The molecule has 0 amide bonds. The summed E-state index contributed by atoms with van der Waals surface area (Å²) in [5.41, 5.74) is 1.26. The SMILES string of the molecule is C[NH+]1CCC([OH+]Cc2ccc(Cl)cc2)CC1. The number of rotatable bonds is 3. The molecule has 1 heterocycles. The minimum absolute atomic E-state index is 0.569. The fourth-order valence-corrected chi connectivity index (χ4v) is 2.23. The van der Waals surface area contributed by atoms with Gasteiger partial charge in [-0.1, -0.05) is 11.6 Å². The summed E-state index contributed by atoms with van der Waals surface area (Å²) in [5.74, 6) is 0. The maximum atomic E-state index is 5.84. The Kier molecular flexibility index (Phi) is 4.22. The molecule has 0 unspecified atom stereocenters. The van der Waals surface area contributed by atoms with Gasteiger partial charge >= 0.3 is 0 Å². The lowest BCUT2D eigenvalue weighted by Gasteiger charge is -2.23. The van der Waals surface area contributed by atoms with Crippen LogP contribution in [0.25, 0.3) is 0 Å². The molecule has 0 saturated carbocycles. The molecule has 1 aliphatic rings. The quantitative estimate of drug-likeness (QED) is 0.763. The maximum Gasteiger partial charge on any atom is 0.171 e. The zero-order valence-electron chi connectivity index (χ0n) is 9.75. The number of nitrogens with one attached hydrogen (secondary N) is 1. The number of likely N-dealkylation sites (tertiary alicyclic amines) is 1. The molecule has 0 atom stereocenters. The second-order valence-corrected chi connectivity index (χ2v) is 5.09. The molecule has 2 rings (SSSR count). The van der Waals surface area contributed by atoms with Gasteiger partial charge in [-0.15, -0.1) is 0 Å². The maximum absolute atomic E-state index is 5.84. The fraction of sp³-hybridized carbons (Fsp3) is 0.538. The molecule has 88 valence electrons. The van der Waals surface area contributed by atoms with Crippen LogP contribution >= 0.6 is 11.6 Å². The fourth-order valence-electron chi connectivity index (χ4n) is 2.10. The van der Waals surface area contributed by atoms with Gasteiger partial charge in [-0.05, 0) is 24.3 Å². The van der Waals surface area contributed by atoms with E-state index in [2.05, 4.69) is 19.2 Å². The van der Waals surface area contributed by atoms with E-state index in [1.165, 1.54) is 31.5 Å². The molecule has 0 bridgehead atoms. The van der Waals surface area contributed by atoms with Gasteiger partial charge in [-0.25, -0.2) is 0 Å². The van der Waals surface area contributed by atoms with Crippen LogP contribution in [0.2, 0.25) is 5.02 Å². The average molecular weight is 242 g/mol. The first-order chi connectivity index (χ1) is 7.74. The van der Waals surface area contributed by atoms with Crippen LogP contribution in [0.4, 0.5) is 0 Å². The van der Waals surface area contributed by atoms with E-state index in [9.17, 15) is 0 Å². The number of benzene rings is 1. The third-order valence-corrected chi connectivity index (χ3v) is 3.51. The van der Waals surface area contributed by atoms with E-state index in [-0.39, 0.29) is 0 Å². The van der Waals surface area contributed by atoms with Crippen molar-refractivity contribution in [1.82, 2.24) is 0 Å². The van der Waals surface area contributed by atoms with Crippen LogP contribution in [0.3, 0.4) is 0 Å². The Labute approximate surface area is 102 Å². The summed E-state index contributed by atoms with van der Waals surface area (Å²) in [4.78, 5) is 1.64. The molecule has 0 aromatic heterocycles. The Balaban J connectivity index is 1.77. The van der Waals surface area contributed by atoms with E-state index < -0.39 is 0 Å². The first kappa shape index (κ1) is 11.9. The third kappa shape index (κ3) is 3.48. The van der Waals surface area contributed by atoms with E-state index in [4.69, 9.17) is 16.3 Å². The normalized spacial score (nSPS) is 25.6. The van der Waals surface area contributed by atoms with Gasteiger partial charge in [0.1, 0.15) is 0 Å². The topological polar surface area (TPSA) is 17.2 Å². The van der Waals surface area contributed by atoms with Crippen LogP contribution < -0.4 is 4.90 Å². The molecule has 2 nitrogen and oxygen atoms in total. The van der Waals surface area contributed by atoms with Gasteiger partial charge in [-0.3, -0.25) is 0 Å². The zero-order valence-corrected chi connectivity index (χ0v) is 10.5. The molecule has 16 heavy (non-hydrogen) atoms. The average Bonchev–Trinajstić information content (AvgIpc) is 2.30. The Hall–Kier alpha value is -0.570. The van der Waals surface area contributed by atoms with Gasteiger partial charge in [0.2, 0.25) is 0 Å². The first-order valence-corrected chi connectivity index (χ1v) is 6.34. The lowest BCUT2D eigenvalue weighted by molar-refractivity contribution is -0.886. The van der Waals surface area contributed by atoms with Gasteiger partial charge in [0, 0.05) is 10.6 Å². The summed E-state index contributed by atoms with van der Waals surface area (Å²) in [6.45, 7) is 3.35. The van der Waals surface area contributed by atoms with Crippen LogP contribution in [0, 0.1) is 0 Å². The number of quaternary nitrogens is 1. The second-order valence-electron chi connectivity index (χ2n) is 4.66. The smallest absolute Gasteiger partial charge is 0.171 e. The summed E-state index contributed by atoms with van der Waals surface area (Å²) in [5, 5.41) is 0.798. The van der Waals surface area contributed by atoms with Gasteiger partial charge < -0.3 is 9.64 Å². The van der Waals surface area contributed by atoms with E-state index in [1.807, 2.05) is 12.1 Å². The third-order valence-electron chi connectivity index (χ3n) is 3.25. The van der Waals surface area contributed by atoms with Crippen LogP contribution in [0.5, 0.6) is 0 Å². The van der Waals surface area contributed by atoms with Crippen molar-refractivity contribution in [3.8, 4) is 0 Å². The number of aliphatic hydroxyl groups is 2. The molecule has 1 aliphatic heterocycles. The summed E-state index contributed by atoms with van der Waals surface area (Å²) in [6, 6.07) is 7.99. The van der Waals surface area contributed by atoms with Gasteiger partial charge in [-0.2, -0.15) is 0 Å². The van der Waals surface area contributed by atoms with Gasteiger partial charge in [0.25, 0.3) is 0 Å². The highest BCUT2D eigenvalue weighted by atomic mass is 35.5. The molecule has 1 aromatic carbocycles. The van der Waals surface area contributed by atoms with E-state index in [0.717, 1.165) is 11.6 Å². The predicted molar refractivity (Wildman–Crippen MR) is 67.0 cm³/mol. The molecular formula is C13H20ClNO+2.